The molecule has 0 fully saturated rings. The van der Waals surface area contributed by atoms with E-state index in [1.807, 2.05) is 0 Å². The summed E-state index contributed by atoms with van der Waals surface area (Å²) in [6.07, 6.45) is 0. The smallest absolute Gasteiger partial charge is 0.871 e. The van der Waals surface area contributed by atoms with E-state index < -0.39 is 44.9 Å². The van der Waals surface area contributed by atoms with E-state index in [0.717, 1.165) is 0 Å². The van der Waals surface area contributed by atoms with Gasteiger partial charge in [0, 0.05) is 0 Å². The van der Waals surface area contributed by atoms with Crippen molar-refractivity contribution in [3.63, 3.8) is 0 Å². The van der Waals surface area contributed by atoms with Crippen LogP contribution in [0.1, 0.15) is 0 Å². The molecule has 0 saturated carbocycles. The molecule has 0 heterocycles. The minimum atomic E-state index is -4.64. The van der Waals surface area contributed by atoms with E-state index in [4.69, 9.17) is 98.8 Å². The zero-order valence-corrected chi connectivity index (χ0v) is 19.8. The van der Waals surface area contributed by atoms with Gasteiger partial charge in [0.15, 0.2) is 0 Å². The molecular weight excluding hydrogens is 471 g/mol. The molecule has 0 aromatic carbocycles. The van der Waals surface area contributed by atoms with Gasteiger partial charge in [-0.2, -0.15) is 0 Å². The van der Waals surface area contributed by atoms with Crippen LogP contribution in [0.15, 0.2) is 0 Å². The van der Waals surface area contributed by atoms with Gasteiger partial charge in [-0.3, -0.25) is 0 Å². The van der Waals surface area contributed by atoms with Crippen molar-refractivity contribution in [3.05, 3.63) is 0 Å². The molecule has 0 amide bonds. The van der Waals surface area contributed by atoms with Crippen LogP contribution in [0.5, 0.6) is 0 Å². The molecule has 0 bridgehead atoms. The molecule has 0 aromatic heterocycles. The fraction of sp³-hybridized carbons (Fsp3) is 0. The van der Waals surface area contributed by atoms with Crippen LogP contribution in [0.3, 0.4) is 0 Å². The van der Waals surface area contributed by atoms with Crippen LogP contribution in [0.4, 0.5) is 0 Å². The van der Waals surface area contributed by atoms with Crippen molar-refractivity contribution in [3.8, 4) is 0 Å². The minimum Gasteiger partial charge on any atom is -0.871 e. The zero-order chi connectivity index (χ0) is 23.3. The van der Waals surface area contributed by atoms with Crippen LogP contribution in [0.25, 0.3) is 0 Å². The monoisotopic (exact) mass is 488 g/mol. The predicted octanol–water partition coefficient (Wildman–Crippen LogP) is -17.3. The van der Waals surface area contributed by atoms with Gasteiger partial charge in [0.1, 0.15) is 0 Å². The summed E-state index contributed by atoms with van der Waals surface area (Å²) in [4.78, 5) is 43.1. The van der Waals surface area contributed by atoms with Crippen molar-refractivity contribution in [2.75, 3.05) is 0 Å². The van der Waals surface area contributed by atoms with Crippen molar-refractivity contribution < 1.29 is 158 Å². The van der Waals surface area contributed by atoms with Crippen molar-refractivity contribution >= 4 is 44.9 Å². The van der Waals surface area contributed by atoms with Crippen LogP contribution in [-0.2, 0) is 9.13 Å². The van der Waals surface area contributed by atoms with Crippen LogP contribution in [-0.4, -0.2) is 109 Å². The van der Waals surface area contributed by atoms with Crippen molar-refractivity contribution in [1.82, 2.24) is 0 Å². The first-order valence-electron chi connectivity index (χ1n) is 4.62. The minimum absolute atomic E-state index is 0. The molecule has 0 aromatic rings. The van der Waals surface area contributed by atoms with Crippen LogP contribution in [0, 0.1) is 0 Å². The molecule has 0 spiro atoms. The maximum atomic E-state index is 8.88. The zero-order valence-electron chi connectivity index (χ0n) is 14.0. The Bertz CT molecular complexity index is 253. The molecule has 28 heavy (non-hydrogen) atoms. The Kier molecular flexibility index (Phi) is 62.6. The molecule has 0 saturated heterocycles. The second kappa shape index (κ2) is 33.6. The molecule has 0 aliphatic heterocycles. The van der Waals surface area contributed by atoms with E-state index >= 15 is 0 Å². The van der Waals surface area contributed by atoms with Gasteiger partial charge in [-0.1, -0.05) is 0 Å². The molecule has 20 nitrogen and oxygen atoms in total. The molecule has 160 valence electrons. The quantitative estimate of drug-likeness (QED) is 0.111. The number of hydrogen-bond donors (Lipinski definition) is 16. The van der Waals surface area contributed by atoms with Gasteiger partial charge < -0.3 is 89.6 Å². The SMILES string of the molecule is O=P(O)(O)O.O=P(O)(O)O.OB(O)O.OB(O)O.OB(O)O.[Na+].[Na+].[O-]B([O-])O. The van der Waals surface area contributed by atoms with E-state index in [0.29, 0.717) is 0 Å². The Morgan fingerprint density at radius 3 is 0.464 bits per heavy atom. The number of hydrogen-bond acceptors (Lipinski definition) is 14. The Labute approximate surface area is 201 Å². The van der Waals surface area contributed by atoms with E-state index in [-0.39, 0.29) is 59.1 Å². The first kappa shape index (κ1) is 52.1. The van der Waals surface area contributed by atoms with Crippen molar-refractivity contribution in [2.24, 2.45) is 0 Å². The predicted molar refractivity (Wildman–Crippen MR) is 73.7 cm³/mol. The fourth-order valence-corrected chi connectivity index (χ4v) is 0. The molecule has 0 unspecified atom stereocenters. The fourth-order valence-electron chi connectivity index (χ4n) is 0. The maximum Gasteiger partial charge on any atom is 1.00 e. The molecular formula is H16B4Na2O20P2. The summed E-state index contributed by atoms with van der Waals surface area (Å²) in [7, 11) is -18.4. The second-order valence-electron chi connectivity index (χ2n) is 2.37. The van der Waals surface area contributed by atoms with Gasteiger partial charge in [0.2, 0.25) is 0 Å². The summed E-state index contributed by atoms with van der Waals surface area (Å²) in [5.74, 6) is 0. The largest absolute Gasteiger partial charge is 1.00 e. The summed E-state index contributed by atoms with van der Waals surface area (Å²) >= 11 is 0. The van der Waals surface area contributed by atoms with Crippen LogP contribution < -0.4 is 69.2 Å². The van der Waals surface area contributed by atoms with Gasteiger partial charge in [0.05, 0.1) is 7.32 Å². The van der Waals surface area contributed by atoms with E-state index in [1.165, 1.54) is 0 Å². The summed E-state index contributed by atoms with van der Waals surface area (Å²) in [6, 6.07) is 0. The average Bonchev–Trinajstić information content (AvgIpc) is 2.03. The van der Waals surface area contributed by atoms with Crippen molar-refractivity contribution in [1.29, 1.82) is 0 Å². The molecule has 0 aliphatic rings. The summed E-state index contributed by atoms with van der Waals surface area (Å²) in [6.45, 7) is 0. The van der Waals surface area contributed by atoms with E-state index in [9.17, 15) is 0 Å². The summed E-state index contributed by atoms with van der Waals surface area (Å²) in [5.41, 5.74) is 0. The summed E-state index contributed by atoms with van der Waals surface area (Å²) in [5, 5.41) is 88.5. The first-order chi connectivity index (χ1) is 10.9. The van der Waals surface area contributed by atoms with E-state index in [1.54, 1.807) is 0 Å². The molecule has 0 atom stereocenters. The topological polar surface area (TPSA) is 404 Å². The van der Waals surface area contributed by atoms with Gasteiger partial charge in [-0.25, -0.2) is 9.13 Å². The van der Waals surface area contributed by atoms with Gasteiger partial charge in [0.25, 0.3) is 0 Å². The Morgan fingerprint density at radius 2 is 0.464 bits per heavy atom. The third-order valence-corrected chi connectivity index (χ3v) is 0. The maximum absolute atomic E-state index is 8.88. The number of phosphoric acid groups is 2. The molecule has 28 heteroatoms. The van der Waals surface area contributed by atoms with Gasteiger partial charge in [-0.15, -0.1) is 0 Å². The van der Waals surface area contributed by atoms with E-state index in [2.05, 4.69) is 0 Å². The standard InChI is InChI=1S/3BH3O3.BHO3.2Na.2H3O4P/c4*2-1(3)4;;;2*1-5(2,3)4/h3*2-4H;2H;;;2*(H3,1,2,3,4)/q;;;-2;2*+1;;. The molecule has 0 radical (unpaired) electrons. The van der Waals surface area contributed by atoms with Gasteiger partial charge in [-0.05, 0) is 0 Å². The normalized spacial score (nSPS) is 8.07. The van der Waals surface area contributed by atoms with Crippen molar-refractivity contribution in [2.45, 2.75) is 0 Å². The Morgan fingerprint density at radius 1 is 0.464 bits per heavy atom. The third kappa shape index (κ3) is 5100. The number of rotatable bonds is 0. The summed E-state index contributed by atoms with van der Waals surface area (Å²) < 4.78 is 17.8. The first-order valence-corrected chi connectivity index (χ1v) is 7.75. The molecule has 0 rings (SSSR count). The second-order valence-corrected chi connectivity index (χ2v) is 4.43. The molecule has 16 N–H and O–H groups in total. The Balaban J connectivity index is -0.0000000283. The van der Waals surface area contributed by atoms with Crippen LogP contribution >= 0.6 is 15.6 Å². The molecule has 0 aliphatic carbocycles. The van der Waals surface area contributed by atoms with Crippen LogP contribution in [0.2, 0.25) is 0 Å². The van der Waals surface area contributed by atoms with Gasteiger partial charge >= 0.3 is 96.7 Å². The third-order valence-electron chi connectivity index (χ3n) is 0. The Hall–Kier alpha value is 2.00. The average molecular weight is 487 g/mol.